The van der Waals surface area contributed by atoms with Crippen molar-refractivity contribution in [3.63, 3.8) is 0 Å². The van der Waals surface area contributed by atoms with Gasteiger partial charge in [0.25, 0.3) is 5.91 Å². The lowest BCUT2D eigenvalue weighted by molar-refractivity contribution is -0.140. The average Bonchev–Trinajstić information content (AvgIpc) is 3.29. The van der Waals surface area contributed by atoms with Crippen molar-refractivity contribution in [1.29, 1.82) is 0 Å². The molecule has 0 unspecified atom stereocenters. The number of alkyl halides is 3. The molecule has 5 nitrogen and oxygen atoms in total. The second-order valence-corrected chi connectivity index (χ2v) is 8.38. The molecule has 1 atom stereocenters. The Kier molecular flexibility index (Phi) is 5.90. The van der Waals surface area contributed by atoms with Gasteiger partial charge in [-0.05, 0) is 68.7 Å². The molecule has 1 fully saturated rings. The van der Waals surface area contributed by atoms with Gasteiger partial charge in [-0.15, -0.1) is 0 Å². The van der Waals surface area contributed by atoms with Crippen LogP contribution in [0.1, 0.15) is 53.0 Å². The molecule has 174 valence electrons. The predicted molar refractivity (Wildman–Crippen MR) is 120 cm³/mol. The topological polar surface area (TPSA) is 71.2 Å². The van der Waals surface area contributed by atoms with Crippen molar-refractivity contribution in [3.05, 3.63) is 64.6 Å². The number of nitrogen functional groups attached to an aromatic ring is 1. The molecule has 3 N–H and O–H groups in total. The van der Waals surface area contributed by atoms with E-state index in [9.17, 15) is 22.4 Å². The van der Waals surface area contributed by atoms with E-state index >= 15 is 0 Å². The van der Waals surface area contributed by atoms with Crippen LogP contribution in [0.2, 0.25) is 0 Å². The zero-order chi connectivity index (χ0) is 23.9. The van der Waals surface area contributed by atoms with E-state index in [1.54, 1.807) is 26.0 Å². The molecular formula is C24H24F4N4O. The molecule has 0 saturated carbocycles. The standard InChI is InChI=1S/C24H24F4N4O/c1-13-9-16(18(25)11-19(13)29)14(2)30-23(33)15-5-6-20-17(10-15)21(32-7-3-4-8-32)12-22(31-20)24(26,27)28/h5-6,9-12,14H,3-4,7-8,29H2,1-2H3,(H,30,33)/t14-/m1/s1. The van der Waals surface area contributed by atoms with Gasteiger partial charge in [-0.1, -0.05) is 0 Å². The highest BCUT2D eigenvalue weighted by molar-refractivity contribution is 6.01. The van der Waals surface area contributed by atoms with Gasteiger partial charge in [0.1, 0.15) is 11.5 Å². The average molecular weight is 460 g/mol. The smallest absolute Gasteiger partial charge is 0.398 e. The Morgan fingerprint density at radius 2 is 1.85 bits per heavy atom. The lowest BCUT2D eigenvalue weighted by Gasteiger charge is -2.22. The maximum atomic E-state index is 14.4. The fourth-order valence-corrected chi connectivity index (χ4v) is 4.12. The van der Waals surface area contributed by atoms with Crippen LogP contribution in [0.25, 0.3) is 10.9 Å². The molecule has 0 aliphatic carbocycles. The molecular weight excluding hydrogens is 436 g/mol. The second kappa shape index (κ2) is 8.53. The molecule has 2 heterocycles. The molecule has 1 aliphatic rings. The van der Waals surface area contributed by atoms with Gasteiger partial charge in [0.2, 0.25) is 0 Å². The van der Waals surface area contributed by atoms with E-state index in [0.29, 0.717) is 41.0 Å². The Morgan fingerprint density at radius 3 is 2.52 bits per heavy atom. The van der Waals surface area contributed by atoms with Crippen molar-refractivity contribution in [2.45, 2.75) is 38.9 Å². The van der Waals surface area contributed by atoms with Crippen molar-refractivity contribution in [2.75, 3.05) is 23.7 Å². The number of anilines is 2. The van der Waals surface area contributed by atoms with Gasteiger partial charge in [-0.2, -0.15) is 13.2 Å². The highest BCUT2D eigenvalue weighted by atomic mass is 19.4. The first-order chi connectivity index (χ1) is 15.5. The van der Waals surface area contributed by atoms with Crippen LogP contribution in [0.15, 0.2) is 36.4 Å². The molecule has 33 heavy (non-hydrogen) atoms. The minimum atomic E-state index is -4.57. The number of carbonyl (C=O) groups excluding carboxylic acids is 1. The van der Waals surface area contributed by atoms with Crippen LogP contribution in [0.5, 0.6) is 0 Å². The molecule has 4 rings (SSSR count). The van der Waals surface area contributed by atoms with Crippen LogP contribution in [0.3, 0.4) is 0 Å². The van der Waals surface area contributed by atoms with Crippen molar-refractivity contribution >= 4 is 28.2 Å². The highest BCUT2D eigenvalue weighted by Crippen LogP contribution is 2.36. The monoisotopic (exact) mass is 460 g/mol. The predicted octanol–water partition coefficient (Wildman–Crippen LogP) is 5.37. The molecule has 1 amide bonds. The SMILES string of the molecule is Cc1cc([C@@H](C)NC(=O)c2ccc3nc(C(F)(F)F)cc(N4CCCC4)c3c2)c(F)cc1N. The summed E-state index contributed by atoms with van der Waals surface area (Å²) in [6.07, 6.45) is -2.81. The quantitative estimate of drug-likeness (QED) is 0.405. The fraction of sp³-hybridized carbons (Fsp3) is 0.333. The van der Waals surface area contributed by atoms with Crippen LogP contribution in [0, 0.1) is 12.7 Å². The van der Waals surface area contributed by atoms with Crippen molar-refractivity contribution < 1.29 is 22.4 Å². The summed E-state index contributed by atoms with van der Waals surface area (Å²) in [4.78, 5) is 18.6. The number of hydrogen-bond acceptors (Lipinski definition) is 4. The number of nitrogens with zero attached hydrogens (tertiary/aromatic N) is 2. The van der Waals surface area contributed by atoms with Gasteiger partial charge in [-0.3, -0.25) is 4.79 Å². The summed E-state index contributed by atoms with van der Waals surface area (Å²) >= 11 is 0. The van der Waals surface area contributed by atoms with Gasteiger partial charge >= 0.3 is 6.18 Å². The Hall–Kier alpha value is -3.36. The largest absolute Gasteiger partial charge is 0.433 e. The van der Waals surface area contributed by atoms with E-state index in [-0.39, 0.29) is 11.1 Å². The van der Waals surface area contributed by atoms with Crippen molar-refractivity contribution in [2.24, 2.45) is 0 Å². The Bertz CT molecular complexity index is 1220. The van der Waals surface area contributed by atoms with E-state index in [4.69, 9.17) is 5.73 Å². The summed E-state index contributed by atoms with van der Waals surface area (Å²) < 4.78 is 54.6. The van der Waals surface area contributed by atoms with Crippen LogP contribution >= 0.6 is 0 Å². The molecule has 1 aliphatic heterocycles. The normalized spacial score (nSPS) is 15.2. The number of fused-ring (bicyclic) bond motifs is 1. The third kappa shape index (κ3) is 4.58. The molecule has 3 aromatic rings. The van der Waals surface area contributed by atoms with Crippen LogP contribution in [-0.2, 0) is 6.18 Å². The number of carbonyl (C=O) groups is 1. The van der Waals surface area contributed by atoms with Gasteiger partial charge < -0.3 is 16.0 Å². The summed E-state index contributed by atoms with van der Waals surface area (Å²) in [5, 5.41) is 3.23. The third-order valence-corrected chi connectivity index (χ3v) is 5.99. The first kappa shape index (κ1) is 22.8. The minimum Gasteiger partial charge on any atom is -0.398 e. The molecule has 0 spiro atoms. The molecule has 2 aromatic carbocycles. The zero-order valence-electron chi connectivity index (χ0n) is 18.3. The number of amides is 1. The molecule has 1 saturated heterocycles. The van der Waals surface area contributed by atoms with Crippen LogP contribution in [-0.4, -0.2) is 24.0 Å². The number of pyridine rings is 1. The Balaban J connectivity index is 1.69. The van der Waals surface area contributed by atoms with Gasteiger partial charge in [-0.25, -0.2) is 9.37 Å². The van der Waals surface area contributed by atoms with E-state index in [1.165, 1.54) is 18.2 Å². The van der Waals surface area contributed by atoms with E-state index in [2.05, 4.69) is 10.3 Å². The number of aryl methyl sites for hydroxylation is 1. The van der Waals surface area contributed by atoms with E-state index in [1.807, 2.05) is 4.90 Å². The van der Waals surface area contributed by atoms with Gasteiger partial charge in [0.05, 0.1) is 11.6 Å². The fourth-order valence-electron chi connectivity index (χ4n) is 4.12. The van der Waals surface area contributed by atoms with Crippen LogP contribution < -0.4 is 16.0 Å². The van der Waals surface area contributed by atoms with Gasteiger partial charge in [0.15, 0.2) is 0 Å². The summed E-state index contributed by atoms with van der Waals surface area (Å²) in [6, 6.07) is 7.59. The van der Waals surface area contributed by atoms with Crippen molar-refractivity contribution in [1.82, 2.24) is 10.3 Å². The number of rotatable bonds is 4. The lowest BCUT2D eigenvalue weighted by Crippen LogP contribution is -2.27. The number of hydrogen-bond donors (Lipinski definition) is 2. The Labute approximate surface area is 188 Å². The lowest BCUT2D eigenvalue weighted by atomic mass is 10.0. The summed E-state index contributed by atoms with van der Waals surface area (Å²) in [7, 11) is 0. The number of nitrogens with two attached hydrogens (primary N) is 1. The third-order valence-electron chi connectivity index (χ3n) is 5.99. The first-order valence-corrected chi connectivity index (χ1v) is 10.7. The second-order valence-electron chi connectivity index (χ2n) is 8.38. The highest BCUT2D eigenvalue weighted by Gasteiger charge is 2.34. The summed E-state index contributed by atoms with van der Waals surface area (Å²) in [6.45, 7) is 4.68. The number of halogens is 4. The van der Waals surface area contributed by atoms with E-state index < -0.39 is 29.6 Å². The number of nitrogens with one attached hydrogen (secondary N) is 1. The first-order valence-electron chi connectivity index (χ1n) is 10.7. The maximum absolute atomic E-state index is 14.4. The molecule has 9 heteroatoms. The van der Waals surface area contributed by atoms with E-state index in [0.717, 1.165) is 18.9 Å². The summed E-state index contributed by atoms with van der Waals surface area (Å²) in [5.41, 5.74) is 6.91. The molecule has 0 radical (unpaired) electrons. The minimum absolute atomic E-state index is 0.163. The van der Waals surface area contributed by atoms with Gasteiger partial charge in [0, 0.05) is 41.0 Å². The maximum Gasteiger partial charge on any atom is 0.433 e. The number of benzene rings is 2. The van der Waals surface area contributed by atoms with Crippen LogP contribution in [0.4, 0.5) is 28.9 Å². The number of aromatic nitrogens is 1. The molecule has 0 bridgehead atoms. The zero-order valence-corrected chi connectivity index (χ0v) is 18.3. The van der Waals surface area contributed by atoms with Crippen molar-refractivity contribution in [3.8, 4) is 0 Å². The Morgan fingerprint density at radius 1 is 1.15 bits per heavy atom. The summed E-state index contributed by atoms with van der Waals surface area (Å²) in [5.74, 6) is -0.991. The molecule has 1 aromatic heterocycles.